The Morgan fingerprint density at radius 3 is 2.27 bits per heavy atom. The van der Waals surface area contributed by atoms with E-state index in [2.05, 4.69) is 31.4 Å². The van der Waals surface area contributed by atoms with Crippen LogP contribution in [0, 0.1) is 11.3 Å². The highest BCUT2D eigenvalue weighted by molar-refractivity contribution is 5.97. The van der Waals surface area contributed by atoms with Gasteiger partial charge in [0.2, 0.25) is 11.8 Å². The Balaban J connectivity index is 2.05. The molecule has 0 saturated carbocycles. The lowest BCUT2D eigenvalue weighted by atomic mass is 9.87. The summed E-state index contributed by atoms with van der Waals surface area (Å²) in [5.41, 5.74) is 0.399. The lowest BCUT2D eigenvalue weighted by Gasteiger charge is -2.36. The zero-order chi connectivity index (χ0) is 24.4. The maximum Gasteiger partial charge on any atom is 0.251 e. The lowest BCUT2D eigenvalue weighted by molar-refractivity contribution is -0.134. The third-order valence-electron chi connectivity index (χ3n) is 5.79. The van der Waals surface area contributed by atoms with Crippen LogP contribution in [0.4, 0.5) is 0 Å². The molecule has 184 valence electrons. The summed E-state index contributed by atoms with van der Waals surface area (Å²) in [4.78, 5) is 40.4. The minimum atomic E-state index is -0.665. The molecule has 1 fully saturated rings. The van der Waals surface area contributed by atoms with Gasteiger partial charge in [0.25, 0.3) is 5.91 Å². The van der Waals surface area contributed by atoms with Gasteiger partial charge in [0.05, 0.1) is 7.11 Å². The summed E-state index contributed by atoms with van der Waals surface area (Å²) < 4.78 is 10.2. The first kappa shape index (κ1) is 26.6. The van der Waals surface area contributed by atoms with E-state index in [0.29, 0.717) is 63.2 Å². The highest BCUT2D eigenvalue weighted by Crippen LogP contribution is 2.25. The average molecular weight is 462 g/mol. The van der Waals surface area contributed by atoms with Crippen molar-refractivity contribution in [2.24, 2.45) is 11.3 Å². The van der Waals surface area contributed by atoms with Crippen molar-refractivity contribution >= 4 is 17.7 Å². The second-order valence-corrected chi connectivity index (χ2v) is 9.77. The van der Waals surface area contributed by atoms with Gasteiger partial charge >= 0.3 is 0 Å². The minimum Gasteiger partial charge on any atom is -0.497 e. The molecular formula is C25H39N3O5. The zero-order valence-corrected chi connectivity index (χ0v) is 20.6. The summed E-state index contributed by atoms with van der Waals surface area (Å²) in [6, 6.07) is 6.12. The van der Waals surface area contributed by atoms with Crippen LogP contribution in [0.1, 0.15) is 56.8 Å². The van der Waals surface area contributed by atoms with Crippen LogP contribution in [-0.2, 0) is 14.3 Å². The molecule has 8 heteroatoms. The first-order valence-corrected chi connectivity index (χ1v) is 11.6. The molecule has 33 heavy (non-hydrogen) atoms. The third-order valence-corrected chi connectivity index (χ3v) is 5.79. The van der Waals surface area contributed by atoms with Gasteiger partial charge in [-0.05, 0) is 54.9 Å². The van der Waals surface area contributed by atoms with E-state index in [-0.39, 0.29) is 29.1 Å². The van der Waals surface area contributed by atoms with Crippen molar-refractivity contribution < 1.29 is 23.9 Å². The molecule has 1 saturated heterocycles. The fourth-order valence-corrected chi connectivity index (χ4v) is 3.95. The molecule has 1 aliphatic heterocycles. The number of hydrogen-bond acceptors (Lipinski definition) is 5. The number of likely N-dealkylation sites (tertiary alicyclic amines) is 1. The van der Waals surface area contributed by atoms with Gasteiger partial charge in [0.1, 0.15) is 11.8 Å². The van der Waals surface area contributed by atoms with E-state index in [1.165, 1.54) is 0 Å². The summed E-state index contributed by atoms with van der Waals surface area (Å²) in [6.45, 7) is 8.36. The number of rotatable bonds is 10. The molecule has 0 aliphatic carbocycles. The van der Waals surface area contributed by atoms with Gasteiger partial charge in [-0.15, -0.1) is 0 Å². The molecule has 1 aromatic carbocycles. The Bertz CT molecular complexity index is 780. The molecule has 0 bridgehead atoms. The smallest absolute Gasteiger partial charge is 0.251 e. The Morgan fingerprint density at radius 1 is 1.09 bits per heavy atom. The summed E-state index contributed by atoms with van der Waals surface area (Å²) >= 11 is 0. The van der Waals surface area contributed by atoms with E-state index in [4.69, 9.17) is 9.47 Å². The van der Waals surface area contributed by atoms with E-state index >= 15 is 0 Å². The highest BCUT2D eigenvalue weighted by Gasteiger charge is 2.34. The van der Waals surface area contributed by atoms with Crippen LogP contribution < -0.4 is 15.4 Å². The third kappa shape index (κ3) is 8.68. The van der Waals surface area contributed by atoms with Gasteiger partial charge in [-0.2, -0.15) is 0 Å². The van der Waals surface area contributed by atoms with Crippen molar-refractivity contribution in [3.05, 3.63) is 29.8 Å². The van der Waals surface area contributed by atoms with Crippen molar-refractivity contribution in [2.45, 2.75) is 52.5 Å². The fraction of sp³-hybridized carbons (Fsp3) is 0.640. The van der Waals surface area contributed by atoms with Crippen LogP contribution in [0.2, 0.25) is 0 Å². The fourth-order valence-electron chi connectivity index (χ4n) is 3.95. The maximum atomic E-state index is 13.0. The highest BCUT2D eigenvalue weighted by atomic mass is 16.5. The number of hydrogen-bond donors (Lipinski definition) is 2. The Kier molecular flexibility index (Phi) is 10.2. The molecule has 2 N–H and O–H groups in total. The van der Waals surface area contributed by atoms with Crippen LogP contribution in [0.15, 0.2) is 24.3 Å². The molecule has 0 unspecified atom stereocenters. The number of carbonyl (C=O) groups is 3. The van der Waals surface area contributed by atoms with E-state index in [1.807, 2.05) is 4.90 Å². The molecule has 1 atom stereocenters. The van der Waals surface area contributed by atoms with Crippen molar-refractivity contribution in [3.8, 4) is 5.75 Å². The number of methoxy groups -OCH3 is 2. The van der Waals surface area contributed by atoms with Crippen LogP contribution in [0.3, 0.4) is 0 Å². The molecule has 0 spiro atoms. The van der Waals surface area contributed by atoms with Gasteiger partial charge in [0.15, 0.2) is 0 Å². The molecule has 1 heterocycles. The first-order chi connectivity index (χ1) is 15.6. The topological polar surface area (TPSA) is 97.0 Å². The number of nitrogens with one attached hydrogen (secondary N) is 2. The quantitative estimate of drug-likeness (QED) is 0.522. The number of piperidine rings is 1. The number of benzene rings is 1. The number of amides is 3. The maximum absolute atomic E-state index is 13.0. The summed E-state index contributed by atoms with van der Waals surface area (Å²) in [6.07, 6.45) is 2.51. The molecule has 0 aromatic heterocycles. The monoisotopic (exact) mass is 461 g/mol. The largest absolute Gasteiger partial charge is 0.497 e. The van der Waals surface area contributed by atoms with Crippen LogP contribution >= 0.6 is 0 Å². The predicted molar refractivity (Wildman–Crippen MR) is 127 cm³/mol. The van der Waals surface area contributed by atoms with Crippen molar-refractivity contribution in [1.29, 1.82) is 0 Å². The molecule has 0 radical (unpaired) electrons. The van der Waals surface area contributed by atoms with Crippen molar-refractivity contribution in [2.75, 3.05) is 40.5 Å². The standard InChI is InChI=1S/C25H39N3O5/c1-25(2,3)17-21(29)28-14-11-18(12-15-28)22(24(31)26-13-6-16-32-4)27-23(30)19-7-9-20(33-5)10-8-19/h7-10,18,22H,6,11-17H2,1-5H3,(H,26,31)(H,27,30)/t22-/m1/s1. The van der Waals surface area contributed by atoms with E-state index < -0.39 is 6.04 Å². The average Bonchev–Trinajstić information content (AvgIpc) is 2.79. The lowest BCUT2D eigenvalue weighted by Crippen LogP contribution is -2.54. The van der Waals surface area contributed by atoms with Crippen LogP contribution in [-0.4, -0.2) is 69.1 Å². The molecular weight excluding hydrogens is 422 g/mol. The van der Waals surface area contributed by atoms with Gasteiger partial charge in [0, 0.05) is 45.3 Å². The van der Waals surface area contributed by atoms with E-state index in [1.54, 1.807) is 38.5 Å². The van der Waals surface area contributed by atoms with Gasteiger partial charge in [-0.3, -0.25) is 14.4 Å². The van der Waals surface area contributed by atoms with E-state index in [9.17, 15) is 14.4 Å². The number of carbonyl (C=O) groups excluding carboxylic acids is 3. The number of ether oxygens (including phenoxy) is 2. The van der Waals surface area contributed by atoms with Crippen LogP contribution in [0.25, 0.3) is 0 Å². The SMILES string of the molecule is COCCCNC(=O)[C@H](NC(=O)c1ccc(OC)cc1)C1CCN(C(=O)CC(C)(C)C)CC1. The van der Waals surface area contributed by atoms with E-state index in [0.717, 1.165) is 0 Å². The molecule has 1 aliphatic rings. The summed E-state index contributed by atoms with van der Waals surface area (Å²) in [5, 5.41) is 5.86. The first-order valence-electron chi connectivity index (χ1n) is 11.6. The predicted octanol–water partition coefficient (Wildman–Crippen LogP) is 2.62. The summed E-state index contributed by atoms with van der Waals surface area (Å²) in [5.74, 6) is 0.247. The second kappa shape index (κ2) is 12.6. The molecule has 2 rings (SSSR count). The molecule has 1 aromatic rings. The second-order valence-electron chi connectivity index (χ2n) is 9.77. The van der Waals surface area contributed by atoms with Crippen molar-refractivity contribution in [1.82, 2.24) is 15.5 Å². The van der Waals surface area contributed by atoms with Gasteiger partial charge in [-0.25, -0.2) is 0 Å². The molecule has 8 nitrogen and oxygen atoms in total. The summed E-state index contributed by atoms with van der Waals surface area (Å²) in [7, 11) is 3.19. The van der Waals surface area contributed by atoms with Gasteiger partial charge < -0.3 is 25.0 Å². The van der Waals surface area contributed by atoms with Crippen LogP contribution in [0.5, 0.6) is 5.75 Å². The Labute approximate surface area is 197 Å². The Morgan fingerprint density at radius 2 is 1.73 bits per heavy atom. The number of nitrogens with zero attached hydrogens (tertiary/aromatic N) is 1. The Hall–Kier alpha value is -2.61. The van der Waals surface area contributed by atoms with Gasteiger partial charge in [-0.1, -0.05) is 20.8 Å². The normalized spacial score (nSPS) is 15.6. The minimum absolute atomic E-state index is 0.0479. The molecule has 3 amide bonds. The van der Waals surface area contributed by atoms with Crippen molar-refractivity contribution in [3.63, 3.8) is 0 Å². The zero-order valence-electron chi connectivity index (χ0n) is 20.6.